The molecular formula is C11H21N3O3. The number of urea groups is 1. The number of rotatable bonds is 4. The van der Waals surface area contributed by atoms with E-state index in [2.05, 4.69) is 17.7 Å². The molecule has 6 heteroatoms. The van der Waals surface area contributed by atoms with E-state index in [1.165, 1.54) is 6.42 Å². The second-order valence-corrected chi connectivity index (χ2v) is 4.14. The van der Waals surface area contributed by atoms with Crippen LogP contribution in [0.1, 0.15) is 33.1 Å². The molecule has 1 rings (SSSR count). The highest BCUT2D eigenvalue weighted by atomic mass is 16.5. The summed E-state index contributed by atoms with van der Waals surface area (Å²) < 4.78 is 4.71. The number of carbonyl (C=O) groups is 2. The van der Waals surface area contributed by atoms with Crippen LogP contribution in [0.3, 0.4) is 0 Å². The third-order valence-corrected chi connectivity index (χ3v) is 2.75. The predicted molar refractivity (Wildman–Crippen MR) is 63.2 cm³/mol. The Morgan fingerprint density at radius 3 is 2.82 bits per heavy atom. The van der Waals surface area contributed by atoms with E-state index >= 15 is 0 Å². The Labute approximate surface area is 102 Å². The number of carbonyl (C=O) groups excluding carboxylic acids is 2. The van der Waals surface area contributed by atoms with Gasteiger partial charge in [0.25, 0.3) is 0 Å². The molecule has 6 nitrogen and oxygen atoms in total. The van der Waals surface area contributed by atoms with Crippen molar-refractivity contribution in [2.75, 3.05) is 19.7 Å². The number of ether oxygens (including phenoxy) is 1. The van der Waals surface area contributed by atoms with Gasteiger partial charge in [-0.05, 0) is 26.7 Å². The zero-order chi connectivity index (χ0) is 12.7. The standard InChI is InChI=1S/C11H21N3O3/c1-3-17-10(15)8-12-11(16)13-14-7-5-4-6-9(14)2/h9H,3-8H2,1-2H3,(H2,12,13,16). The van der Waals surface area contributed by atoms with Gasteiger partial charge in [-0.25, -0.2) is 9.80 Å². The second kappa shape index (κ2) is 7.11. The molecule has 0 aliphatic carbocycles. The van der Waals surface area contributed by atoms with Gasteiger partial charge in [0, 0.05) is 12.6 Å². The summed E-state index contributed by atoms with van der Waals surface area (Å²) >= 11 is 0. The maximum atomic E-state index is 11.5. The van der Waals surface area contributed by atoms with Crippen LogP contribution in [0, 0.1) is 0 Å². The molecule has 2 N–H and O–H groups in total. The van der Waals surface area contributed by atoms with Crippen molar-refractivity contribution in [3.8, 4) is 0 Å². The topological polar surface area (TPSA) is 70.7 Å². The SMILES string of the molecule is CCOC(=O)CNC(=O)NN1CCCCC1C. The van der Waals surface area contributed by atoms with Crippen LogP contribution in [0.4, 0.5) is 4.79 Å². The van der Waals surface area contributed by atoms with E-state index in [1.807, 2.05) is 5.01 Å². The average Bonchev–Trinajstić information content (AvgIpc) is 2.30. The molecule has 2 amide bonds. The monoisotopic (exact) mass is 243 g/mol. The molecule has 1 heterocycles. The first-order valence-electron chi connectivity index (χ1n) is 6.10. The van der Waals surface area contributed by atoms with Gasteiger partial charge in [0.1, 0.15) is 6.54 Å². The van der Waals surface area contributed by atoms with Crippen molar-refractivity contribution in [2.24, 2.45) is 0 Å². The van der Waals surface area contributed by atoms with Crippen molar-refractivity contribution in [3.05, 3.63) is 0 Å². The quantitative estimate of drug-likeness (QED) is 0.711. The molecule has 0 radical (unpaired) electrons. The lowest BCUT2D eigenvalue weighted by atomic mass is 10.1. The van der Waals surface area contributed by atoms with E-state index in [0.29, 0.717) is 12.6 Å². The first-order valence-corrected chi connectivity index (χ1v) is 6.10. The van der Waals surface area contributed by atoms with Crippen LogP contribution in [0.2, 0.25) is 0 Å². The van der Waals surface area contributed by atoms with Crippen LogP contribution in [-0.4, -0.2) is 42.7 Å². The predicted octanol–water partition coefficient (Wildman–Crippen LogP) is 0.638. The number of nitrogens with zero attached hydrogens (tertiary/aromatic N) is 1. The van der Waals surface area contributed by atoms with Crippen LogP contribution in [0.25, 0.3) is 0 Å². The lowest BCUT2D eigenvalue weighted by Crippen LogP contribution is -2.53. The Balaban J connectivity index is 2.22. The molecule has 1 aliphatic heterocycles. The van der Waals surface area contributed by atoms with Crippen LogP contribution in [0.5, 0.6) is 0 Å². The summed E-state index contributed by atoms with van der Waals surface area (Å²) in [6, 6.07) is -0.0103. The lowest BCUT2D eigenvalue weighted by Gasteiger charge is -2.33. The molecule has 0 bridgehead atoms. The van der Waals surface area contributed by atoms with Crippen LogP contribution < -0.4 is 10.7 Å². The number of hydrogen-bond donors (Lipinski definition) is 2. The summed E-state index contributed by atoms with van der Waals surface area (Å²) in [5, 5.41) is 4.38. The van der Waals surface area contributed by atoms with Gasteiger partial charge in [-0.1, -0.05) is 6.42 Å². The molecule has 1 saturated heterocycles. The summed E-state index contributed by atoms with van der Waals surface area (Å²) in [6.07, 6.45) is 3.37. The summed E-state index contributed by atoms with van der Waals surface area (Å²) in [5.74, 6) is -0.422. The maximum Gasteiger partial charge on any atom is 0.329 e. The fourth-order valence-electron chi connectivity index (χ4n) is 1.80. The van der Waals surface area contributed by atoms with Gasteiger partial charge in [-0.2, -0.15) is 0 Å². The number of hydrogen-bond acceptors (Lipinski definition) is 4. The van der Waals surface area contributed by atoms with Gasteiger partial charge in [0.15, 0.2) is 0 Å². The minimum atomic E-state index is -0.422. The molecular weight excluding hydrogens is 222 g/mol. The Morgan fingerprint density at radius 2 is 2.18 bits per heavy atom. The Morgan fingerprint density at radius 1 is 1.41 bits per heavy atom. The van der Waals surface area contributed by atoms with Crippen LogP contribution >= 0.6 is 0 Å². The van der Waals surface area contributed by atoms with Crippen molar-refractivity contribution in [2.45, 2.75) is 39.2 Å². The van der Waals surface area contributed by atoms with E-state index in [4.69, 9.17) is 4.74 Å². The minimum absolute atomic E-state index is 0.0953. The van der Waals surface area contributed by atoms with Gasteiger partial charge >= 0.3 is 12.0 Å². The van der Waals surface area contributed by atoms with E-state index in [-0.39, 0.29) is 12.6 Å². The zero-order valence-corrected chi connectivity index (χ0v) is 10.5. The first kappa shape index (κ1) is 13.8. The van der Waals surface area contributed by atoms with Crippen LogP contribution in [-0.2, 0) is 9.53 Å². The van der Waals surface area contributed by atoms with Gasteiger partial charge in [0.2, 0.25) is 0 Å². The molecule has 1 fully saturated rings. The van der Waals surface area contributed by atoms with Gasteiger partial charge in [-0.3, -0.25) is 10.2 Å². The fourth-order valence-corrected chi connectivity index (χ4v) is 1.80. The van der Waals surface area contributed by atoms with Crippen molar-refractivity contribution in [1.29, 1.82) is 0 Å². The second-order valence-electron chi connectivity index (χ2n) is 4.14. The Hall–Kier alpha value is -1.30. The molecule has 0 aromatic rings. The molecule has 17 heavy (non-hydrogen) atoms. The van der Waals surface area contributed by atoms with E-state index in [1.54, 1.807) is 6.92 Å². The van der Waals surface area contributed by atoms with E-state index < -0.39 is 5.97 Å². The van der Waals surface area contributed by atoms with Crippen LogP contribution in [0.15, 0.2) is 0 Å². The Bertz CT molecular complexity index is 271. The van der Waals surface area contributed by atoms with E-state index in [0.717, 1.165) is 19.4 Å². The summed E-state index contributed by atoms with van der Waals surface area (Å²) in [7, 11) is 0. The van der Waals surface area contributed by atoms with Gasteiger partial charge in [-0.15, -0.1) is 0 Å². The van der Waals surface area contributed by atoms with Crippen molar-refractivity contribution in [1.82, 2.24) is 15.8 Å². The Kier molecular flexibility index (Phi) is 5.76. The van der Waals surface area contributed by atoms with E-state index in [9.17, 15) is 9.59 Å². The average molecular weight is 243 g/mol. The highest BCUT2D eigenvalue weighted by Gasteiger charge is 2.19. The molecule has 0 spiro atoms. The number of esters is 1. The summed E-state index contributed by atoms with van der Waals surface area (Å²) in [6.45, 7) is 4.89. The normalized spacial score (nSPS) is 20.7. The molecule has 1 unspecified atom stereocenters. The van der Waals surface area contributed by atoms with Crippen molar-refractivity contribution >= 4 is 12.0 Å². The van der Waals surface area contributed by atoms with Crippen molar-refractivity contribution < 1.29 is 14.3 Å². The third-order valence-electron chi connectivity index (χ3n) is 2.75. The largest absolute Gasteiger partial charge is 0.465 e. The van der Waals surface area contributed by atoms with Gasteiger partial charge < -0.3 is 10.1 Å². The smallest absolute Gasteiger partial charge is 0.329 e. The number of piperidine rings is 1. The molecule has 98 valence electrons. The summed E-state index contributed by atoms with van der Waals surface area (Å²) in [5.41, 5.74) is 2.74. The molecule has 1 aliphatic rings. The summed E-state index contributed by atoms with van der Waals surface area (Å²) in [4.78, 5) is 22.5. The number of nitrogens with one attached hydrogen (secondary N) is 2. The number of amides is 2. The molecule has 0 saturated carbocycles. The highest BCUT2D eigenvalue weighted by Crippen LogP contribution is 2.13. The zero-order valence-electron chi connectivity index (χ0n) is 10.5. The van der Waals surface area contributed by atoms with Crippen molar-refractivity contribution in [3.63, 3.8) is 0 Å². The number of hydrazine groups is 1. The molecule has 1 atom stereocenters. The maximum absolute atomic E-state index is 11.5. The fraction of sp³-hybridized carbons (Fsp3) is 0.818. The van der Waals surface area contributed by atoms with Gasteiger partial charge in [0.05, 0.1) is 6.61 Å². The first-order chi connectivity index (χ1) is 8.13. The minimum Gasteiger partial charge on any atom is -0.465 e. The highest BCUT2D eigenvalue weighted by molar-refractivity contribution is 5.80. The third kappa shape index (κ3) is 5.04. The molecule has 0 aromatic heterocycles. The lowest BCUT2D eigenvalue weighted by molar-refractivity contribution is -0.141. The molecule has 0 aromatic carbocycles.